The molecule has 3 aliphatic rings. The molecule has 2 aromatic carbocycles. The predicted molar refractivity (Wildman–Crippen MR) is 137 cm³/mol. The maximum absolute atomic E-state index is 13.2. The number of aryl methyl sites for hydroxylation is 1. The number of aliphatic imine (C=N–C) groups is 1. The van der Waals surface area contributed by atoms with Gasteiger partial charge in [0.1, 0.15) is 13.1 Å². The number of urea groups is 1. The van der Waals surface area contributed by atoms with Crippen molar-refractivity contribution >= 4 is 40.9 Å². The first kappa shape index (κ1) is 23.5. The van der Waals surface area contributed by atoms with Crippen LogP contribution in [0.1, 0.15) is 11.1 Å². The second-order valence-electron chi connectivity index (χ2n) is 9.33. The monoisotopic (exact) mass is 493 g/mol. The quantitative estimate of drug-likeness (QED) is 0.601. The van der Waals surface area contributed by atoms with E-state index in [1.165, 1.54) is 16.8 Å². The van der Waals surface area contributed by atoms with Crippen LogP contribution in [0.4, 0.5) is 10.5 Å². The fourth-order valence-electron chi connectivity index (χ4n) is 4.97. The molecule has 3 amide bonds. The Kier molecular flexibility index (Phi) is 6.34. The molecular formula is C26H30ClN6O2+. The second-order valence-corrected chi connectivity index (χ2v) is 9.76. The Hall–Kier alpha value is -3.23. The summed E-state index contributed by atoms with van der Waals surface area (Å²) in [6.45, 7) is 6.75. The zero-order chi connectivity index (χ0) is 24.7. The molecule has 3 heterocycles. The van der Waals surface area contributed by atoms with Gasteiger partial charge < -0.3 is 4.90 Å². The summed E-state index contributed by atoms with van der Waals surface area (Å²) in [5, 5.41) is 0.741. The van der Waals surface area contributed by atoms with Gasteiger partial charge in [0.15, 0.2) is 0 Å². The number of carbonyl (C=O) groups is 2. The van der Waals surface area contributed by atoms with Crippen molar-refractivity contribution in [2.45, 2.75) is 19.5 Å². The van der Waals surface area contributed by atoms with E-state index in [-0.39, 0.29) is 11.9 Å². The van der Waals surface area contributed by atoms with Gasteiger partial charge in [-0.3, -0.25) is 19.5 Å². The highest BCUT2D eigenvalue weighted by Gasteiger charge is 2.53. The molecule has 2 aromatic rings. The van der Waals surface area contributed by atoms with Gasteiger partial charge in [-0.1, -0.05) is 41.9 Å². The number of halogens is 1. The maximum atomic E-state index is 13.2. The average Bonchev–Trinajstić information content (AvgIpc) is 3.21. The summed E-state index contributed by atoms with van der Waals surface area (Å²) >= 11 is 6.18. The minimum atomic E-state index is -0.593. The highest BCUT2D eigenvalue weighted by molar-refractivity contribution is 6.30. The Morgan fingerprint density at radius 1 is 1.00 bits per heavy atom. The van der Waals surface area contributed by atoms with E-state index in [1.54, 1.807) is 7.05 Å². The SMILES string of the molecule is Cc1ccccc1C[N+]1=C(CN2CCN(c3cccc(Cl)c3)CC2)N=C2C1C(=O)N(C)C(=O)N2C. The molecular weight excluding hydrogens is 464 g/mol. The first-order valence-electron chi connectivity index (χ1n) is 11.9. The normalized spacial score (nSPS) is 21.1. The van der Waals surface area contributed by atoms with Crippen LogP contribution in [0.3, 0.4) is 0 Å². The van der Waals surface area contributed by atoms with Gasteiger partial charge in [-0.15, -0.1) is 0 Å². The highest BCUT2D eigenvalue weighted by atomic mass is 35.5. The number of hydrogen-bond donors (Lipinski definition) is 0. The van der Waals surface area contributed by atoms with Crippen LogP contribution in [0.15, 0.2) is 53.5 Å². The largest absolute Gasteiger partial charge is 0.369 e. The molecule has 0 N–H and O–H groups in total. The van der Waals surface area contributed by atoms with E-state index in [1.807, 2.05) is 30.3 Å². The lowest BCUT2D eigenvalue weighted by Gasteiger charge is -2.35. The minimum absolute atomic E-state index is 0.235. The van der Waals surface area contributed by atoms with E-state index in [0.29, 0.717) is 18.9 Å². The lowest BCUT2D eigenvalue weighted by molar-refractivity contribution is -0.552. The number of rotatable bonds is 5. The maximum Gasteiger partial charge on any atom is 0.333 e. The van der Waals surface area contributed by atoms with Crippen LogP contribution >= 0.6 is 11.6 Å². The zero-order valence-corrected chi connectivity index (χ0v) is 21.1. The van der Waals surface area contributed by atoms with E-state index in [4.69, 9.17) is 16.6 Å². The lowest BCUT2D eigenvalue weighted by Crippen LogP contribution is -2.61. The number of hydrogen-bond acceptors (Lipinski definition) is 5. The predicted octanol–water partition coefficient (Wildman–Crippen LogP) is 2.69. The summed E-state index contributed by atoms with van der Waals surface area (Å²) in [5.41, 5.74) is 3.44. The Bertz CT molecular complexity index is 1230. The molecule has 0 aromatic heterocycles. The summed E-state index contributed by atoms with van der Waals surface area (Å²) in [4.78, 5) is 38.1. The number of amidine groups is 2. The van der Waals surface area contributed by atoms with Crippen molar-refractivity contribution in [2.75, 3.05) is 51.7 Å². The first-order chi connectivity index (χ1) is 16.8. The van der Waals surface area contributed by atoms with Gasteiger partial charge >= 0.3 is 11.9 Å². The van der Waals surface area contributed by atoms with Crippen LogP contribution in [0.5, 0.6) is 0 Å². The molecule has 8 nitrogen and oxygen atoms in total. The van der Waals surface area contributed by atoms with E-state index in [2.05, 4.69) is 39.5 Å². The molecule has 0 bridgehead atoms. The molecule has 35 heavy (non-hydrogen) atoms. The van der Waals surface area contributed by atoms with Crippen molar-refractivity contribution in [1.82, 2.24) is 14.7 Å². The highest BCUT2D eigenvalue weighted by Crippen LogP contribution is 2.24. The summed E-state index contributed by atoms with van der Waals surface area (Å²) in [6, 6.07) is 15.2. The number of piperazine rings is 1. The van der Waals surface area contributed by atoms with Crippen molar-refractivity contribution in [3.05, 3.63) is 64.7 Å². The van der Waals surface area contributed by atoms with Crippen LogP contribution in [0, 0.1) is 6.92 Å². The van der Waals surface area contributed by atoms with Crippen molar-refractivity contribution in [2.24, 2.45) is 4.99 Å². The summed E-state index contributed by atoms with van der Waals surface area (Å²) < 4.78 is 2.07. The summed E-state index contributed by atoms with van der Waals surface area (Å²) in [7, 11) is 3.23. The van der Waals surface area contributed by atoms with Gasteiger partial charge in [0.25, 0.3) is 17.8 Å². The topological polar surface area (TPSA) is 62.5 Å². The van der Waals surface area contributed by atoms with Crippen molar-refractivity contribution in [3.8, 4) is 0 Å². The third-order valence-corrected chi connectivity index (χ3v) is 7.36. The Labute approximate surface area is 210 Å². The fourth-order valence-corrected chi connectivity index (χ4v) is 5.15. The molecule has 2 fully saturated rings. The smallest absolute Gasteiger partial charge is 0.333 e. The van der Waals surface area contributed by atoms with E-state index in [0.717, 1.165) is 53.9 Å². The lowest BCUT2D eigenvalue weighted by atomic mass is 10.1. The van der Waals surface area contributed by atoms with Crippen LogP contribution in [-0.4, -0.2) is 95.7 Å². The van der Waals surface area contributed by atoms with Gasteiger partial charge in [0.2, 0.25) is 0 Å². The van der Waals surface area contributed by atoms with Crippen LogP contribution in [0.2, 0.25) is 5.02 Å². The molecule has 9 heteroatoms. The number of nitrogens with zero attached hydrogens (tertiary/aromatic N) is 6. The van der Waals surface area contributed by atoms with Crippen molar-refractivity contribution < 1.29 is 14.2 Å². The van der Waals surface area contributed by atoms with Crippen molar-refractivity contribution in [3.63, 3.8) is 0 Å². The third kappa shape index (κ3) is 4.44. The van der Waals surface area contributed by atoms with Crippen LogP contribution in [0.25, 0.3) is 0 Å². The number of benzene rings is 2. The standard InChI is InChI=1S/C26H30ClN6O2/c1-18-7-4-5-8-19(18)16-33-22(28-24-23(33)25(34)30(3)26(35)29(24)2)17-31-11-13-32(14-12-31)21-10-6-9-20(27)15-21/h4-10,15,23H,11-14,16-17H2,1-3H3/q+1. The van der Waals surface area contributed by atoms with Crippen LogP contribution < -0.4 is 4.90 Å². The molecule has 5 rings (SSSR count). The fraction of sp³-hybridized carbons (Fsp3) is 0.385. The number of carbonyl (C=O) groups excluding carboxylic acids is 2. The van der Waals surface area contributed by atoms with Gasteiger partial charge in [-0.2, -0.15) is 0 Å². The minimum Gasteiger partial charge on any atom is -0.369 e. The van der Waals surface area contributed by atoms with Crippen molar-refractivity contribution in [1.29, 1.82) is 0 Å². The van der Waals surface area contributed by atoms with E-state index >= 15 is 0 Å². The Morgan fingerprint density at radius 2 is 1.74 bits per heavy atom. The summed E-state index contributed by atoms with van der Waals surface area (Å²) in [6.07, 6.45) is 0. The summed E-state index contributed by atoms with van der Waals surface area (Å²) in [5.74, 6) is 1.10. The van der Waals surface area contributed by atoms with Gasteiger partial charge in [0.05, 0.1) is 0 Å². The third-order valence-electron chi connectivity index (χ3n) is 7.13. The average molecular weight is 494 g/mol. The molecule has 1 unspecified atom stereocenters. The van der Waals surface area contributed by atoms with Gasteiger partial charge in [0, 0.05) is 51.0 Å². The molecule has 1 atom stereocenters. The van der Waals surface area contributed by atoms with Gasteiger partial charge in [-0.05, 0) is 41.2 Å². The molecule has 0 spiro atoms. The Balaban J connectivity index is 1.40. The molecule has 0 saturated carbocycles. The zero-order valence-electron chi connectivity index (χ0n) is 20.3. The number of imide groups is 1. The molecule has 0 radical (unpaired) electrons. The molecule has 0 aliphatic carbocycles. The van der Waals surface area contributed by atoms with E-state index in [9.17, 15) is 9.59 Å². The number of likely N-dealkylation sites (N-methyl/N-ethyl adjacent to an activating group) is 2. The Morgan fingerprint density at radius 3 is 2.46 bits per heavy atom. The number of amides is 3. The number of anilines is 1. The van der Waals surface area contributed by atoms with Gasteiger partial charge in [-0.25, -0.2) is 9.37 Å². The second kappa shape index (κ2) is 9.43. The molecule has 3 aliphatic heterocycles. The number of fused-ring (bicyclic) bond motifs is 1. The van der Waals surface area contributed by atoms with E-state index < -0.39 is 6.04 Å². The first-order valence-corrected chi connectivity index (χ1v) is 12.2. The molecule has 182 valence electrons. The van der Waals surface area contributed by atoms with Crippen LogP contribution in [-0.2, 0) is 11.3 Å². The molecule has 2 saturated heterocycles.